The lowest BCUT2D eigenvalue weighted by Gasteiger charge is -2.30. The average Bonchev–Trinajstić information content (AvgIpc) is 2.57. The maximum Gasteiger partial charge on any atom is 0.412 e. The second-order valence-electron chi connectivity index (χ2n) is 4.74. The van der Waals surface area contributed by atoms with E-state index in [0.29, 0.717) is 23.3 Å². The fraction of sp³-hybridized carbons (Fsp3) is 0.462. The number of nitrogens with one attached hydrogen (secondary N) is 1. The summed E-state index contributed by atoms with van der Waals surface area (Å²) in [5, 5.41) is 2.20. The van der Waals surface area contributed by atoms with Gasteiger partial charge in [-0.15, -0.1) is 0 Å². The standard InChI is InChI=1S/C13H16F5NO3Si/c1-3-13(4-2,22-23)5-19-12(20)21-11-9(17)7(15)6(14)8(16)10(11)18/h3-5H2,1-2,23H3,(H,19,20). The lowest BCUT2D eigenvalue weighted by atomic mass is 9.98. The zero-order chi connectivity index (χ0) is 17.8. The van der Waals surface area contributed by atoms with Gasteiger partial charge in [0.2, 0.25) is 34.8 Å². The summed E-state index contributed by atoms with van der Waals surface area (Å²) >= 11 is 0. The van der Waals surface area contributed by atoms with Gasteiger partial charge in [-0.05, 0) is 12.8 Å². The summed E-state index contributed by atoms with van der Waals surface area (Å²) in [6.07, 6.45) is -0.246. The van der Waals surface area contributed by atoms with Gasteiger partial charge < -0.3 is 14.5 Å². The van der Waals surface area contributed by atoms with Crippen molar-refractivity contribution in [3.8, 4) is 5.75 Å². The molecule has 1 aromatic rings. The van der Waals surface area contributed by atoms with E-state index in [1.54, 1.807) is 0 Å². The normalized spacial score (nSPS) is 11.6. The molecule has 0 atom stereocenters. The number of halogens is 5. The van der Waals surface area contributed by atoms with E-state index >= 15 is 0 Å². The van der Waals surface area contributed by atoms with Crippen molar-refractivity contribution in [2.45, 2.75) is 32.3 Å². The molecule has 0 saturated carbocycles. The predicted octanol–water partition coefficient (Wildman–Crippen LogP) is 2.33. The molecule has 23 heavy (non-hydrogen) atoms. The van der Waals surface area contributed by atoms with E-state index in [1.807, 2.05) is 13.8 Å². The van der Waals surface area contributed by atoms with Crippen LogP contribution in [0.2, 0.25) is 0 Å². The summed E-state index contributed by atoms with van der Waals surface area (Å²) in [4.78, 5) is 11.6. The van der Waals surface area contributed by atoms with Gasteiger partial charge in [0.25, 0.3) is 0 Å². The molecule has 0 bridgehead atoms. The van der Waals surface area contributed by atoms with Crippen LogP contribution in [0.25, 0.3) is 0 Å². The monoisotopic (exact) mass is 357 g/mol. The predicted molar refractivity (Wildman–Crippen MR) is 74.6 cm³/mol. The van der Waals surface area contributed by atoms with Crippen LogP contribution in [0.4, 0.5) is 26.7 Å². The first-order chi connectivity index (χ1) is 10.7. The molecule has 1 N–H and O–H groups in total. The number of rotatable bonds is 6. The molecule has 0 radical (unpaired) electrons. The molecule has 1 rings (SSSR count). The van der Waals surface area contributed by atoms with Crippen molar-refractivity contribution in [1.29, 1.82) is 0 Å². The molecule has 0 fully saturated rings. The van der Waals surface area contributed by atoms with Crippen molar-refractivity contribution < 1.29 is 35.9 Å². The Morgan fingerprint density at radius 1 is 1.00 bits per heavy atom. The molecule has 0 aromatic heterocycles. The van der Waals surface area contributed by atoms with Gasteiger partial charge in [-0.3, -0.25) is 0 Å². The Morgan fingerprint density at radius 2 is 1.43 bits per heavy atom. The molecule has 4 nitrogen and oxygen atoms in total. The minimum atomic E-state index is -2.33. The minimum absolute atomic E-state index is 0.0300. The Morgan fingerprint density at radius 3 is 1.83 bits per heavy atom. The van der Waals surface area contributed by atoms with Crippen LogP contribution in [0.1, 0.15) is 26.7 Å². The number of benzene rings is 1. The fourth-order valence-electron chi connectivity index (χ4n) is 1.90. The molecule has 0 aliphatic carbocycles. The number of carbonyl (C=O) groups is 1. The van der Waals surface area contributed by atoms with Crippen molar-refractivity contribution >= 4 is 16.6 Å². The van der Waals surface area contributed by atoms with E-state index < -0.39 is 46.5 Å². The molecule has 130 valence electrons. The Hall–Kier alpha value is -1.68. The van der Waals surface area contributed by atoms with E-state index in [0.717, 1.165) is 0 Å². The molecule has 1 aromatic carbocycles. The van der Waals surface area contributed by atoms with E-state index in [4.69, 9.17) is 4.43 Å². The Bertz CT molecular complexity index is 558. The zero-order valence-corrected chi connectivity index (χ0v) is 14.7. The Balaban J connectivity index is 2.91. The maximum absolute atomic E-state index is 13.4. The van der Waals surface area contributed by atoms with E-state index in [-0.39, 0.29) is 6.54 Å². The van der Waals surface area contributed by atoms with Crippen LogP contribution in [0.5, 0.6) is 5.75 Å². The average molecular weight is 357 g/mol. The first-order valence-electron chi connectivity index (χ1n) is 6.75. The van der Waals surface area contributed by atoms with Crippen molar-refractivity contribution in [3.05, 3.63) is 29.1 Å². The molecule has 10 heteroatoms. The second-order valence-corrected chi connectivity index (χ2v) is 5.14. The van der Waals surface area contributed by atoms with Gasteiger partial charge in [0.05, 0.1) is 5.60 Å². The lowest BCUT2D eigenvalue weighted by Crippen LogP contribution is -2.44. The molecule has 0 heterocycles. The highest BCUT2D eigenvalue weighted by atomic mass is 28.2. The minimum Gasteiger partial charge on any atom is -0.421 e. The van der Waals surface area contributed by atoms with Crippen LogP contribution in [-0.2, 0) is 4.43 Å². The zero-order valence-electron chi connectivity index (χ0n) is 12.7. The topological polar surface area (TPSA) is 47.6 Å². The molecular weight excluding hydrogens is 341 g/mol. The van der Waals surface area contributed by atoms with Gasteiger partial charge in [-0.1, -0.05) is 13.8 Å². The molecule has 1 amide bonds. The van der Waals surface area contributed by atoms with Gasteiger partial charge in [0, 0.05) is 6.54 Å². The third-order valence-electron chi connectivity index (χ3n) is 3.64. The quantitative estimate of drug-likeness (QED) is 0.368. The largest absolute Gasteiger partial charge is 0.421 e. The summed E-state index contributed by atoms with van der Waals surface area (Å²) in [7, 11) is 0.393. The van der Waals surface area contributed by atoms with Gasteiger partial charge >= 0.3 is 6.09 Å². The first-order valence-corrected chi connectivity index (χ1v) is 7.56. The Labute approximate surface area is 132 Å². The fourth-order valence-corrected chi connectivity index (χ4v) is 2.62. The highest BCUT2D eigenvalue weighted by Crippen LogP contribution is 2.29. The maximum atomic E-state index is 13.4. The van der Waals surface area contributed by atoms with Crippen molar-refractivity contribution in [3.63, 3.8) is 0 Å². The van der Waals surface area contributed by atoms with Crippen LogP contribution >= 0.6 is 0 Å². The van der Waals surface area contributed by atoms with E-state index in [9.17, 15) is 26.7 Å². The van der Waals surface area contributed by atoms with Crippen LogP contribution < -0.4 is 10.1 Å². The smallest absolute Gasteiger partial charge is 0.412 e. The van der Waals surface area contributed by atoms with Gasteiger partial charge in [0.1, 0.15) is 10.5 Å². The highest BCUT2D eigenvalue weighted by Gasteiger charge is 2.30. The third kappa shape index (κ3) is 3.99. The first kappa shape index (κ1) is 19.4. The van der Waals surface area contributed by atoms with Crippen LogP contribution in [0, 0.1) is 29.1 Å². The molecular formula is C13H16F5NO3Si. The van der Waals surface area contributed by atoms with Crippen LogP contribution in [0.3, 0.4) is 0 Å². The summed E-state index contributed by atoms with van der Waals surface area (Å²) in [5.74, 6) is -12.8. The Kier molecular flexibility index (Phi) is 6.51. The number of hydrogen-bond donors (Lipinski definition) is 1. The summed E-state index contributed by atoms with van der Waals surface area (Å²) in [5.41, 5.74) is -0.665. The summed E-state index contributed by atoms with van der Waals surface area (Å²) in [6, 6.07) is 0. The number of hydrogen-bond acceptors (Lipinski definition) is 3. The molecule has 0 spiro atoms. The highest BCUT2D eigenvalue weighted by molar-refractivity contribution is 5.98. The summed E-state index contributed by atoms with van der Waals surface area (Å²) in [6.45, 7) is 3.61. The van der Waals surface area contributed by atoms with Crippen molar-refractivity contribution in [2.24, 2.45) is 0 Å². The number of carbonyl (C=O) groups excluding carboxylic acids is 1. The molecule has 0 unspecified atom stereocenters. The van der Waals surface area contributed by atoms with Gasteiger partial charge in [-0.25, -0.2) is 18.0 Å². The van der Waals surface area contributed by atoms with E-state index in [2.05, 4.69) is 10.1 Å². The van der Waals surface area contributed by atoms with E-state index in [1.165, 1.54) is 0 Å². The van der Waals surface area contributed by atoms with Crippen molar-refractivity contribution in [2.75, 3.05) is 6.54 Å². The van der Waals surface area contributed by atoms with Crippen LogP contribution in [0.15, 0.2) is 0 Å². The van der Waals surface area contributed by atoms with Gasteiger partial charge in [-0.2, -0.15) is 8.78 Å². The third-order valence-corrected chi connectivity index (χ3v) is 4.51. The lowest BCUT2D eigenvalue weighted by molar-refractivity contribution is 0.0700. The molecule has 0 aliphatic rings. The summed E-state index contributed by atoms with van der Waals surface area (Å²) < 4.78 is 75.3. The molecule has 0 saturated heterocycles. The van der Waals surface area contributed by atoms with Crippen molar-refractivity contribution in [1.82, 2.24) is 5.32 Å². The number of ether oxygens (including phenoxy) is 1. The van der Waals surface area contributed by atoms with Gasteiger partial charge in [0.15, 0.2) is 0 Å². The number of amides is 1. The second kappa shape index (κ2) is 7.73. The molecule has 0 aliphatic heterocycles. The van der Waals surface area contributed by atoms with Crippen LogP contribution in [-0.4, -0.2) is 28.7 Å². The SMILES string of the molecule is CCC(CC)(CNC(=O)Oc1c(F)c(F)c(F)c(F)c1F)O[SiH3].